The van der Waals surface area contributed by atoms with E-state index in [4.69, 9.17) is 34.8 Å². The summed E-state index contributed by atoms with van der Waals surface area (Å²) in [6, 6.07) is 7.40. The van der Waals surface area contributed by atoms with Gasteiger partial charge in [0.2, 0.25) is 36.7 Å². The summed E-state index contributed by atoms with van der Waals surface area (Å²) in [5, 5.41) is 3.36. The van der Waals surface area contributed by atoms with E-state index in [1.807, 2.05) is 0 Å². The topological polar surface area (TPSA) is 133 Å². The highest BCUT2D eigenvalue weighted by molar-refractivity contribution is 7.93. The number of carbonyl (C=O) groups excluding carboxylic acids is 2. The molecule has 2 N–H and O–H groups in total. The van der Waals surface area contributed by atoms with Crippen LogP contribution in [-0.2, 0) is 35.9 Å². The van der Waals surface area contributed by atoms with Crippen LogP contribution >= 0.6 is 34.8 Å². The number of sulfonamides is 1. The van der Waals surface area contributed by atoms with E-state index in [-0.39, 0.29) is 27.9 Å². The Morgan fingerprint density at radius 1 is 1.03 bits per heavy atom. The van der Waals surface area contributed by atoms with E-state index < -0.39 is 61.3 Å². The Labute approximate surface area is 242 Å². The molecule has 2 aromatic rings. The van der Waals surface area contributed by atoms with Crippen LogP contribution < -0.4 is 10.0 Å². The number of sulfone groups is 1. The standard InChI is InChI=1S/C24H27Cl3N4O6S2/c1-14(2)30-13-24(39(36,37)21-8-7-17(26)11-18(21)27)28-12-19(29-38(3,34)35)22(32)31(24)20(23(30)33)10-15-5-4-6-16(25)9-15/h4-9,11,14,19-20,28-29H,10,12-13H2,1-3H3. The summed E-state index contributed by atoms with van der Waals surface area (Å²) in [7, 11) is -8.42. The number of amides is 2. The fourth-order valence-electron chi connectivity index (χ4n) is 4.97. The minimum absolute atomic E-state index is 0.0761. The number of piperazine rings is 1. The Bertz CT molecular complexity index is 1540. The number of carbonyl (C=O) groups is 2. The minimum Gasteiger partial charge on any atom is -0.334 e. The first-order valence-corrected chi connectivity index (χ1v) is 16.4. The zero-order valence-corrected chi connectivity index (χ0v) is 25.1. The molecule has 4 rings (SSSR count). The lowest BCUT2D eigenvalue weighted by molar-refractivity contribution is -0.166. The van der Waals surface area contributed by atoms with Gasteiger partial charge in [-0.25, -0.2) is 21.6 Å². The zero-order valence-electron chi connectivity index (χ0n) is 21.2. The van der Waals surface area contributed by atoms with Crippen molar-refractivity contribution < 1.29 is 26.4 Å². The minimum atomic E-state index is -4.55. The smallest absolute Gasteiger partial charge is 0.246 e. The molecule has 2 saturated heterocycles. The Morgan fingerprint density at radius 3 is 2.28 bits per heavy atom. The molecule has 2 aromatic carbocycles. The van der Waals surface area contributed by atoms with Gasteiger partial charge in [-0.3, -0.25) is 19.8 Å². The highest BCUT2D eigenvalue weighted by Gasteiger charge is 2.63. The summed E-state index contributed by atoms with van der Waals surface area (Å²) >= 11 is 18.5. The van der Waals surface area contributed by atoms with Gasteiger partial charge < -0.3 is 4.90 Å². The molecule has 2 heterocycles. The van der Waals surface area contributed by atoms with Crippen LogP contribution in [0, 0.1) is 0 Å². The summed E-state index contributed by atoms with van der Waals surface area (Å²) in [5.41, 5.74) is 0.577. The molecule has 0 bridgehead atoms. The predicted molar refractivity (Wildman–Crippen MR) is 149 cm³/mol. The van der Waals surface area contributed by atoms with Crippen molar-refractivity contribution in [2.45, 2.75) is 48.3 Å². The van der Waals surface area contributed by atoms with E-state index in [9.17, 15) is 26.4 Å². The van der Waals surface area contributed by atoms with E-state index in [1.54, 1.807) is 38.1 Å². The molecule has 39 heavy (non-hydrogen) atoms. The van der Waals surface area contributed by atoms with Crippen molar-refractivity contribution in [2.75, 3.05) is 19.3 Å². The van der Waals surface area contributed by atoms with Crippen LogP contribution in [0.4, 0.5) is 0 Å². The second-order valence-electron chi connectivity index (χ2n) is 9.80. The lowest BCUT2D eigenvalue weighted by atomic mass is 9.96. The predicted octanol–water partition coefficient (Wildman–Crippen LogP) is 2.29. The maximum Gasteiger partial charge on any atom is 0.246 e. The second kappa shape index (κ2) is 10.8. The average Bonchev–Trinajstić information content (AvgIpc) is 2.81. The molecular formula is C24H27Cl3N4O6S2. The number of halogens is 3. The van der Waals surface area contributed by atoms with Crippen LogP contribution in [0.5, 0.6) is 0 Å². The van der Waals surface area contributed by atoms with E-state index in [0.717, 1.165) is 11.2 Å². The quantitative estimate of drug-likeness (QED) is 0.476. The lowest BCUT2D eigenvalue weighted by Gasteiger charge is -2.57. The second-order valence-corrected chi connectivity index (χ2v) is 15.0. The molecule has 3 unspecified atom stereocenters. The van der Waals surface area contributed by atoms with Crippen LogP contribution in [0.2, 0.25) is 15.1 Å². The van der Waals surface area contributed by atoms with Gasteiger partial charge in [0.1, 0.15) is 12.1 Å². The van der Waals surface area contributed by atoms with Crippen LogP contribution in [0.1, 0.15) is 19.4 Å². The highest BCUT2D eigenvalue weighted by atomic mass is 35.5. The highest BCUT2D eigenvalue weighted by Crippen LogP contribution is 2.40. The van der Waals surface area contributed by atoms with E-state index in [1.165, 1.54) is 23.1 Å². The van der Waals surface area contributed by atoms with Crippen molar-refractivity contribution in [3.8, 4) is 0 Å². The molecule has 0 radical (unpaired) electrons. The molecule has 2 aliphatic rings. The first kappa shape index (κ1) is 30.0. The van der Waals surface area contributed by atoms with Crippen molar-refractivity contribution in [3.05, 3.63) is 63.1 Å². The van der Waals surface area contributed by atoms with Gasteiger partial charge in [0, 0.05) is 29.1 Å². The number of hydrogen-bond acceptors (Lipinski definition) is 7. The first-order chi connectivity index (χ1) is 18.1. The molecule has 0 spiro atoms. The van der Waals surface area contributed by atoms with Crippen molar-refractivity contribution >= 4 is 66.5 Å². The van der Waals surface area contributed by atoms with Gasteiger partial charge in [-0.2, -0.15) is 0 Å². The number of nitrogens with one attached hydrogen (secondary N) is 2. The van der Waals surface area contributed by atoms with E-state index in [0.29, 0.717) is 10.6 Å². The SMILES string of the molecule is CC(C)N1CC2(S(=O)(=O)c3ccc(Cl)cc3Cl)NCC(NS(C)(=O)=O)C(=O)N2C(Cc2cccc(Cl)c2)C1=O. The monoisotopic (exact) mass is 636 g/mol. The van der Waals surface area contributed by atoms with Gasteiger partial charge in [-0.1, -0.05) is 46.9 Å². The Hall–Kier alpha value is -1.93. The number of hydrogen-bond donors (Lipinski definition) is 2. The summed E-state index contributed by atoms with van der Waals surface area (Å²) in [6.07, 6.45) is 0.810. The van der Waals surface area contributed by atoms with Crippen molar-refractivity contribution in [1.29, 1.82) is 0 Å². The normalized spacial score (nSPS) is 24.3. The van der Waals surface area contributed by atoms with Crippen molar-refractivity contribution in [3.63, 3.8) is 0 Å². The fraction of sp³-hybridized carbons (Fsp3) is 0.417. The first-order valence-electron chi connectivity index (χ1n) is 11.9. The number of rotatable bonds is 7. The molecule has 2 aliphatic heterocycles. The largest absolute Gasteiger partial charge is 0.334 e. The molecule has 0 aromatic heterocycles. The van der Waals surface area contributed by atoms with Gasteiger partial charge in [0.05, 0.1) is 22.7 Å². The Morgan fingerprint density at radius 2 is 1.69 bits per heavy atom. The van der Waals surface area contributed by atoms with Gasteiger partial charge in [0.15, 0.2) is 0 Å². The van der Waals surface area contributed by atoms with Crippen molar-refractivity contribution in [1.82, 2.24) is 19.8 Å². The molecule has 15 heteroatoms. The van der Waals surface area contributed by atoms with Gasteiger partial charge in [-0.15, -0.1) is 0 Å². The fourth-order valence-corrected chi connectivity index (χ4v) is 8.58. The van der Waals surface area contributed by atoms with Gasteiger partial charge in [0.25, 0.3) is 0 Å². The van der Waals surface area contributed by atoms with Crippen LogP contribution in [-0.4, -0.2) is 80.9 Å². The molecule has 2 amide bonds. The van der Waals surface area contributed by atoms with E-state index >= 15 is 0 Å². The third-order valence-corrected chi connectivity index (χ3v) is 10.6. The molecule has 212 valence electrons. The third kappa shape index (κ3) is 5.65. The average molecular weight is 638 g/mol. The maximum atomic E-state index is 14.5. The van der Waals surface area contributed by atoms with Crippen molar-refractivity contribution in [2.24, 2.45) is 0 Å². The summed E-state index contributed by atoms with van der Waals surface area (Å²) in [6.45, 7) is 2.70. The van der Waals surface area contributed by atoms with E-state index in [2.05, 4.69) is 10.0 Å². The Balaban J connectivity index is 1.95. The third-order valence-electron chi connectivity index (χ3n) is 6.70. The molecule has 0 saturated carbocycles. The van der Waals surface area contributed by atoms with Gasteiger partial charge in [-0.05, 0) is 49.7 Å². The molecule has 3 atom stereocenters. The molecule has 2 fully saturated rings. The van der Waals surface area contributed by atoms with Gasteiger partial charge >= 0.3 is 0 Å². The summed E-state index contributed by atoms with van der Waals surface area (Å²) in [4.78, 5) is 27.7. The number of fused-ring (bicyclic) bond motifs is 1. The molecule has 0 aliphatic carbocycles. The van der Waals surface area contributed by atoms with Crippen LogP contribution in [0.25, 0.3) is 0 Å². The summed E-state index contributed by atoms with van der Waals surface area (Å²) < 4.78 is 55.3. The van der Waals surface area contributed by atoms with Crippen LogP contribution in [0.15, 0.2) is 47.4 Å². The molecular weight excluding hydrogens is 611 g/mol. The Kier molecular flexibility index (Phi) is 8.32. The summed E-state index contributed by atoms with van der Waals surface area (Å²) in [5.74, 6) is -1.36. The number of nitrogens with zero attached hydrogens (tertiary/aromatic N) is 2. The van der Waals surface area contributed by atoms with Crippen LogP contribution in [0.3, 0.4) is 0 Å². The molecule has 10 nitrogen and oxygen atoms in total. The lowest BCUT2D eigenvalue weighted by Crippen LogP contribution is -2.83. The maximum absolute atomic E-state index is 14.5. The zero-order chi connectivity index (χ0) is 28.9. The number of benzene rings is 2.